The SMILES string of the molecule is CC(c1cccc(O)c1)c1cccc(ON)c1. The van der Waals surface area contributed by atoms with Crippen molar-refractivity contribution in [2.45, 2.75) is 12.8 Å². The second-order valence-corrected chi connectivity index (χ2v) is 4.01. The lowest BCUT2D eigenvalue weighted by molar-refractivity contribution is 0.334. The Labute approximate surface area is 100 Å². The highest BCUT2D eigenvalue weighted by Crippen LogP contribution is 2.28. The summed E-state index contributed by atoms with van der Waals surface area (Å²) >= 11 is 0. The quantitative estimate of drug-likeness (QED) is 0.796. The third-order valence-electron chi connectivity index (χ3n) is 2.86. The van der Waals surface area contributed by atoms with Crippen LogP contribution in [0.5, 0.6) is 11.5 Å². The molecule has 3 heteroatoms. The van der Waals surface area contributed by atoms with Crippen LogP contribution in [0.25, 0.3) is 0 Å². The molecule has 3 N–H and O–H groups in total. The summed E-state index contributed by atoms with van der Waals surface area (Å²) in [6, 6.07) is 14.9. The molecule has 0 radical (unpaired) electrons. The number of hydrogen-bond acceptors (Lipinski definition) is 3. The number of rotatable bonds is 3. The second kappa shape index (κ2) is 4.89. The fourth-order valence-electron chi connectivity index (χ4n) is 1.84. The van der Waals surface area contributed by atoms with Gasteiger partial charge >= 0.3 is 0 Å². The predicted molar refractivity (Wildman–Crippen MR) is 66.9 cm³/mol. The molecule has 0 aliphatic carbocycles. The highest BCUT2D eigenvalue weighted by atomic mass is 16.6. The minimum atomic E-state index is 0.178. The summed E-state index contributed by atoms with van der Waals surface area (Å²) in [6.45, 7) is 2.07. The molecule has 0 amide bonds. The minimum absolute atomic E-state index is 0.178. The first-order chi connectivity index (χ1) is 8.20. The summed E-state index contributed by atoms with van der Waals surface area (Å²) in [7, 11) is 0. The van der Waals surface area contributed by atoms with Crippen molar-refractivity contribution in [3.8, 4) is 11.5 Å². The largest absolute Gasteiger partial charge is 0.508 e. The van der Waals surface area contributed by atoms with Gasteiger partial charge in [-0.2, -0.15) is 5.90 Å². The van der Waals surface area contributed by atoms with E-state index >= 15 is 0 Å². The molecule has 17 heavy (non-hydrogen) atoms. The van der Waals surface area contributed by atoms with E-state index in [0.717, 1.165) is 11.1 Å². The van der Waals surface area contributed by atoms with Gasteiger partial charge in [0.25, 0.3) is 0 Å². The number of phenolic OH excluding ortho intramolecular Hbond substituents is 1. The molecule has 3 nitrogen and oxygen atoms in total. The van der Waals surface area contributed by atoms with Gasteiger partial charge < -0.3 is 9.94 Å². The number of hydrogen-bond donors (Lipinski definition) is 2. The van der Waals surface area contributed by atoms with E-state index < -0.39 is 0 Å². The van der Waals surface area contributed by atoms with Crippen molar-refractivity contribution >= 4 is 0 Å². The van der Waals surface area contributed by atoms with Crippen LogP contribution < -0.4 is 10.7 Å². The van der Waals surface area contributed by atoms with Crippen molar-refractivity contribution in [1.82, 2.24) is 0 Å². The van der Waals surface area contributed by atoms with Crippen molar-refractivity contribution in [3.63, 3.8) is 0 Å². The van der Waals surface area contributed by atoms with Gasteiger partial charge in [-0.1, -0.05) is 31.2 Å². The van der Waals surface area contributed by atoms with Crippen LogP contribution in [0.1, 0.15) is 24.0 Å². The normalized spacial score (nSPS) is 12.1. The Balaban J connectivity index is 2.33. The van der Waals surface area contributed by atoms with Crippen molar-refractivity contribution in [2.24, 2.45) is 5.90 Å². The third kappa shape index (κ3) is 2.57. The van der Waals surface area contributed by atoms with Gasteiger partial charge in [-0.25, -0.2) is 0 Å². The zero-order chi connectivity index (χ0) is 12.3. The summed E-state index contributed by atoms with van der Waals surface area (Å²) < 4.78 is 0. The van der Waals surface area contributed by atoms with Gasteiger partial charge in [0.1, 0.15) is 11.5 Å². The van der Waals surface area contributed by atoms with E-state index in [9.17, 15) is 5.11 Å². The Bertz CT molecular complexity index is 511. The van der Waals surface area contributed by atoms with Crippen molar-refractivity contribution < 1.29 is 9.94 Å². The molecular formula is C14H15NO2. The lowest BCUT2D eigenvalue weighted by Crippen LogP contribution is -2.03. The maximum Gasteiger partial charge on any atom is 0.147 e. The number of nitrogens with two attached hydrogens (primary N) is 1. The smallest absolute Gasteiger partial charge is 0.147 e. The van der Waals surface area contributed by atoms with Crippen LogP contribution in [-0.2, 0) is 0 Å². The van der Waals surface area contributed by atoms with Crippen LogP contribution in [0, 0.1) is 0 Å². The van der Waals surface area contributed by atoms with E-state index in [1.807, 2.05) is 30.3 Å². The molecule has 0 bridgehead atoms. The lowest BCUT2D eigenvalue weighted by atomic mass is 9.93. The van der Waals surface area contributed by atoms with Crippen LogP contribution in [0.15, 0.2) is 48.5 Å². The molecular weight excluding hydrogens is 214 g/mol. The molecule has 0 fully saturated rings. The molecule has 0 spiro atoms. The Morgan fingerprint density at radius 2 is 1.71 bits per heavy atom. The van der Waals surface area contributed by atoms with Crippen LogP contribution in [0.4, 0.5) is 0 Å². The fraction of sp³-hybridized carbons (Fsp3) is 0.143. The molecule has 0 aliphatic rings. The Kier molecular flexibility index (Phi) is 3.30. The summed E-state index contributed by atoms with van der Waals surface area (Å²) in [4.78, 5) is 4.72. The summed E-state index contributed by atoms with van der Waals surface area (Å²) in [5, 5.41) is 9.46. The van der Waals surface area contributed by atoms with E-state index in [2.05, 4.69) is 6.92 Å². The third-order valence-corrected chi connectivity index (χ3v) is 2.86. The van der Waals surface area contributed by atoms with Gasteiger partial charge in [0.05, 0.1) is 0 Å². The predicted octanol–water partition coefficient (Wildman–Crippen LogP) is 2.80. The van der Waals surface area contributed by atoms with Crippen LogP contribution in [0.2, 0.25) is 0 Å². The Hall–Kier alpha value is -2.00. The van der Waals surface area contributed by atoms with E-state index in [1.165, 1.54) is 0 Å². The van der Waals surface area contributed by atoms with Crippen LogP contribution in [-0.4, -0.2) is 5.11 Å². The standard InChI is InChI=1S/C14H15NO2/c1-10(11-4-2-6-13(16)8-11)12-5-3-7-14(9-12)17-15/h2-10,16H,15H2,1H3. The minimum Gasteiger partial charge on any atom is -0.508 e. The maximum atomic E-state index is 9.46. The first kappa shape index (κ1) is 11.5. The zero-order valence-corrected chi connectivity index (χ0v) is 9.63. The molecule has 0 saturated carbocycles. The molecule has 2 rings (SSSR count). The van der Waals surface area contributed by atoms with Gasteiger partial charge in [-0.05, 0) is 35.4 Å². The maximum absolute atomic E-state index is 9.46. The summed E-state index contributed by atoms with van der Waals surface area (Å²) in [5.74, 6) is 6.23. The lowest BCUT2D eigenvalue weighted by Gasteiger charge is -2.13. The number of phenols is 1. The highest BCUT2D eigenvalue weighted by Gasteiger charge is 2.09. The summed E-state index contributed by atoms with van der Waals surface area (Å²) in [6.07, 6.45) is 0. The van der Waals surface area contributed by atoms with E-state index in [4.69, 9.17) is 10.7 Å². The average Bonchev–Trinajstić information content (AvgIpc) is 2.38. The molecule has 1 unspecified atom stereocenters. The Morgan fingerprint density at radius 3 is 2.35 bits per heavy atom. The Morgan fingerprint density at radius 1 is 1.06 bits per heavy atom. The molecule has 0 saturated heterocycles. The van der Waals surface area contributed by atoms with Gasteiger partial charge in [-0.3, -0.25) is 0 Å². The number of benzene rings is 2. The van der Waals surface area contributed by atoms with Crippen LogP contribution in [0.3, 0.4) is 0 Å². The van der Waals surface area contributed by atoms with E-state index in [0.29, 0.717) is 5.75 Å². The molecule has 88 valence electrons. The molecule has 2 aromatic rings. The second-order valence-electron chi connectivity index (χ2n) is 4.01. The topological polar surface area (TPSA) is 55.5 Å². The molecule has 1 atom stereocenters. The van der Waals surface area contributed by atoms with E-state index in [-0.39, 0.29) is 11.7 Å². The van der Waals surface area contributed by atoms with Gasteiger partial charge in [0.15, 0.2) is 0 Å². The molecule has 2 aromatic carbocycles. The van der Waals surface area contributed by atoms with Crippen LogP contribution >= 0.6 is 0 Å². The van der Waals surface area contributed by atoms with E-state index in [1.54, 1.807) is 18.2 Å². The highest BCUT2D eigenvalue weighted by molar-refractivity contribution is 5.38. The molecule has 0 aliphatic heterocycles. The monoisotopic (exact) mass is 229 g/mol. The van der Waals surface area contributed by atoms with Crippen molar-refractivity contribution in [2.75, 3.05) is 0 Å². The fourth-order valence-corrected chi connectivity index (χ4v) is 1.84. The first-order valence-corrected chi connectivity index (χ1v) is 5.46. The van der Waals surface area contributed by atoms with Gasteiger partial charge in [0, 0.05) is 5.92 Å². The number of aromatic hydroxyl groups is 1. The average molecular weight is 229 g/mol. The van der Waals surface area contributed by atoms with Gasteiger partial charge in [-0.15, -0.1) is 0 Å². The molecule has 0 aromatic heterocycles. The zero-order valence-electron chi connectivity index (χ0n) is 9.63. The first-order valence-electron chi connectivity index (χ1n) is 5.46. The van der Waals surface area contributed by atoms with Crippen molar-refractivity contribution in [3.05, 3.63) is 59.7 Å². The molecule has 0 heterocycles. The summed E-state index contributed by atoms with van der Waals surface area (Å²) in [5.41, 5.74) is 2.15. The van der Waals surface area contributed by atoms with Gasteiger partial charge in [0.2, 0.25) is 0 Å². The van der Waals surface area contributed by atoms with Crippen molar-refractivity contribution in [1.29, 1.82) is 0 Å².